The van der Waals surface area contributed by atoms with E-state index in [1.165, 1.54) is 17.4 Å². The number of rotatable bonds is 7. The molecule has 1 aromatic carbocycles. The zero-order chi connectivity index (χ0) is 31.4. The minimum atomic E-state index is -0.839. The molecule has 4 atom stereocenters. The number of pyridine rings is 1. The van der Waals surface area contributed by atoms with Crippen LogP contribution in [0.4, 0.5) is 19.7 Å². The van der Waals surface area contributed by atoms with Crippen molar-refractivity contribution in [2.45, 2.75) is 80.6 Å². The topological polar surface area (TPSA) is 115 Å². The third-order valence-corrected chi connectivity index (χ3v) is 12.3. The Morgan fingerprint density at radius 2 is 1.83 bits per heavy atom. The fraction of sp³-hybridized carbons (Fsp3) is 0.588. The molecular weight excluding hydrogens is 622 g/mol. The first-order valence-corrected chi connectivity index (χ1v) is 18.0. The minimum absolute atomic E-state index is 0.0740. The highest BCUT2D eigenvalue weighted by atomic mass is 32.1. The first-order valence-electron chi connectivity index (χ1n) is 17.1. The van der Waals surface area contributed by atoms with Crippen LogP contribution in [0.5, 0.6) is 6.01 Å². The van der Waals surface area contributed by atoms with E-state index in [0.29, 0.717) is 66.2 Å². The number of thiazole rings is 1. The lowest BCUT2D eigenvalue weighted by molar-refractivity contribution is 0.00908. The summed E-state index contributed by atoms with van der Waals surface area (Å²) >= 11 is 1.17. The van der Waals surface area contributed by atoms with Crippen molar-refractivity contribution in [1.82, 2.24) is 30.2 Å². The molecule has 4 aromatic rings. The van der Waals surface area contributed by atoms with Crippen molar-refractivity contribution in [1.29, 1.82) is 0 Å². The number of alkyl halides is 1. The fourth-order valence-corrected chi connectivity index (χ4v) is 9.74. The molecule has 13 heteroatoms. The number of hydrogen-bond donors (Lipinski definition) is 2. The molecule has 3 aromatic heterocycles. The molecule has 5 saturated heterocycles. The van der Waals surface area contributed by atoms with Crippen molar-refractivity contribution in [2.24, 2.45) is 0 Å². The maximum Gasteiger partial charge on any atom is 0.319 e. The van der Waals surface area contributed by atoms with Crippen LogP contribution in [0.2, 0.25) is 0 Å². The number of piperazine rings is 1. The summed E-state index contributed by atoms with van der Waals surface area (Å²) in [6, 6.07) is 4.44. The van der Waals surface area contributed by atoms with Crippen LogP contribution in [0.3, 0.4) is 0 Å². The molecule has 10 rings (SSSR count). The monoisotopic (exact) mass is 660 g/mol. The first kappa shape index (κ1) is 28.7. The number of halogens is 2. The van der Waals surface area contributed by atoms with E-state index in [1.807, 2.05) is 6.07 Å². The number of nitrogens with two attached hydrogens (primary N) is 1. The number of nitrogen functional groups attached to an aromatic ring is 1. The van der Waals surface area contributed by atoms with Gasteiger partial charge in [-0.1, -0.05) is 11.3 Å². The predicted octanol–water partition coefficient (Wildman–Crippen LogP) is 4.91. The number of fused-ring (bicyclic) bond motifs is 5. The SMILES string of the molecule is Nc1nc2c(-c3c(C4CC4)nc4c(N5CC6CCC(C5)N6)nc(OC[C@@]56CCCN5C[C@H](F)C6)nc4c3C3COC3)ccc(F)c2s1. The summed E-state index contributed by atoms with van der Waals surface area (Å²) in [5.41, 5.74) is 11.8. The van der Waals surface area contributed by atoms with Gasteiger partial charge in [-0.25, -0.2) is 18.7 Å². The van der Waals surface area contributed by atoms with Crippen molar-refractivity contribution in [3.05, 3.63) is 29.2 Å². The van der Waals surface area contributed by atoms with E-state index in [4.69, 9.17) is 30.2 Å². The quantitative estimate of drug-likeness (QED) is 0.284. The first-order chi connectivity index (χ1) is 22.9. The lowest BCUT2D eigenvalue weighted by atomic mass is 9.85. The molecule has 246 valence electrons. The Morgan fingerprint density at radius 1 is 1.00 bits per heavy atom. The van der Waals surface area contributed by atoms with Crippen molar-refractivity contribution >= 4 is 43.5 Å². The molecule has 1 aliphatic carbocycles. The van der Waals surface area contributed by atoms with E-state index in [9.17, 15) is 4.39 Å². The van der Waals surface area contributed by atoms with Gasteiger partial charge in [0.1, 0.15) is 29.6 Å². The number of ether oxygens (including phenoxy) is 2. The van der Waals surface area contributed by atoms with Crippen molar-refractivity contribution in [2.75, 3.05) is 56.6 Å². The van der Waals surface area contributed by atoms with Crippen LogP contribution in [0, 0.1) is 5.82 Å². The average Bonchev–Trinajstić information content (AvgIpc) is 3.40. The standard InChI is InChI=1S/C34H38F2N8O2S/c35-19-10-34(8-1-9-44(34)11-19)16-46-33-41-28-24(18-14-45-15-18)25(22-6-7-23(36)30-27(22)40-32(37)47-30)26(17-2-3-17)39-29(28)31(42-33)43-12-20-4-5-21(13-43)38-20/h6-7,17-21,38H,1-5,8-16H2,(H2,37,40)/t19-,20?,21?,34+/m1/s1. The van der Waals surface area contributed by atoms with Gasteiger partial charge in [0.25, 0.3) is 0 Å². The lowest BCUT2D eigenvalue weighted by Gasteiger charge is -2.35. The molecule has 1 saturated carbocycles. The molecule has 10 nitrogen and oxygen atoms in total. The Kier molecular flexibility index (Phi) is 6.49. The third-order valence-electron chi connectivity index (χ3n) is 11.4. The molecule has 5 aliphatic heterocycles. The summed E-state index contributed by atoms with van der Waals surface area (Å²) in [4.78, 5) is 25.0. The van der Waals surface area contributed by atoms with E-state index in [2.05, 4.69) is 20.1 Å². The van der Waals surface area contributed by atoms with Crippen LogP contribution in [-0.2, 0) is 4.74 Å². The third kappa shape index (κ3) is 4.63. The maximum absolute atomic E-state index is 15.1. The fourth-order valence-electron chi connectivity index (χ4n) is 8.98. The maximum atomic E-state index is 15.1. The second-order valence-electron chi connectivity index (χ2n) is 14.6. The number of nitrogens with one attached hydrogen (secondary N) is 1. The molecule has 0 spiro atoms. The van der Waals surface area contributed by atoms with Gasteiger partial charge >= 0.3 is 6.01 Å². The van der Waals surface area contributed by atoms with Gasteiger partial charge in [-0.05, 0) is 62.8 Å². The molecule has 8 heterocycles. The summed E-state index contributed by atoms with van der Waals surface area (Å²) in [6.45, 7) is 4.50. The van der Waals surface area contributed by atoms with Gasteiger partial charge in [-0.3, -0.25) is 4.90 Å². The zero-order valence-electron chi connectivity index (χ0n) is 26.2. The van der Waals surface area contributed by atoms with Gasteiger partial charge in [-0.2, -0.15) is 9.97 Å². The van der Waals surface area contributed by atoms with Crippen LogP contribution in [0.1, 0.15) is 68.0 Å². The summed E-state index contributed by atoms with van der Waals surface area (Å²) in [5.74, 6) is 0.835. The van der Waals surface area contributed by atoms with Crippen molar-refractivity contribution in [3.63, 3.8) is 0 Å². The summed E-state index contributed by atoms with van der Waals surface area (Å²) < 4.78 is 42.5. The molecule has 0 radical (unpaired) electrons. The van der Waals surface area contributed by atoms with Crippen molar-refractivity contribution < 1.29 is 18.3 Å². The van der Waals surface area contributed by atoms with Gasteiger partial charge in [-0.15, -0.1) is 0 Å². The van der Waals surface area contributed by atoms with Crippen molar-refractivity contribution in [3.8, 4) is 17.1 Å². The minimum Gasteiger partial charge on any atom is -0.461 e. The van der Waals surface area contributed by atoms with Gasteiger partial charge in [0.05, 0.1) is 34.7 Å². The van der Waals surface area contributed by atoms with E-state index < -0.39 is 6.17 Å². The molecule has 47 heavy (non-hydrogen) atoms. The Bertz CT molecular complexity index is 1900. The van der Waals surface area contributed by atoms with Gasteiger partial charge in [0.2, 0.25) is 0 Å². The molecule has 3 N–H and O–H groups in total. The molecule has 6 fully saturated rings. The lowest BCUT2D eigenvalue weighted by Crippen LogP contribution is -2.51. The molecule has 0 amide bonds. The predicted molar refractivity (Wildman–Crippen MR) is 177 cm³/mol. The zero-order valence-corrected chi connectivity index (χ0v) is 27.0. The normalized spacial score (nSPS) is 29.2. The summed E-state index contributed by atoms with van der Waals surface area (Å²) in [6.07, 6.45) is 5.96. The second-order valence-corrected chi connectivity index (χ2v) is 15.6. The van der Waals surface area contributed by atoms with Crippen LogP contribution in [0.15, 0.2) is 12.1 Å². The molecule has 6 aliphatic rings. The van der Waals surface area contributed by atoms with E-state index in [0.717, 1.165) is 97.4 Å². The Balaban J connectivity index is 1.19. The Morgan fingerprint density at radius 3 is 2.60 bits per heavy atom. The van der Waals surface area contributed by atoms with Crippen LogP contribution >= 0.6 is 11.3 Å². The van der Waals surface area contributed by atoms with Crippen LogP contribution in [0.25, 0.3) is 32.4 Å². The largest absolute Gasteiger partial charge is 0.461 e. The summed E-state index contributed by atoms with van der Waals surface area (Å²) in [7, 11) is 0. The molecule has 2 unspecified atom stereocenters. The Labute approximate surface area is 275 Å². The van der Waals surface area contributed by atoms with E-state index >= 15 is 4.39 Å². The molecular formula is C34H38F2N8O2S. The smallest absolute Gasteiger partial charge is 0.319 e. The highest BCUT2D eigenvalue weighted by Crippen LogP contribution is 2.51. The highest BCUT2D eigenvalue weighted by Gasteiger charge is 2.49. The number of benzene rings is 1. The summed E-state index contributed by atoms with van der Waals surface area (Å²) in [5, 5.41) is 4.08. The molecule has 2 bridgehead atoms. The van der Waals surface area contributed by atoms with Crippen LogP contribution < -0.4 is 20.7 Å². The van der Waals surface area contributed by atoms with Gasteiger partial charge in [0.15, 0.2) is 10.9 Å². The second kappa shape index (κ2) is 10.6. The highest BCUT2D eigenvalue weighted by molar-refractivity contribution is 7.22. The van der Waals surface area contributed by atoms with E-state index in [-0.39, 0.29) is 23.2 Å². The van der Waals surface area contributed by atoms with E-state index in [1.54, 1.807) is 0 Å². The average molecular weight is 661 g/mol. The number of nitrogens with zero attached hydrogens (tertiary/aromatic N) is 6. The van der Waals surface area contributed by atoms with Gasteiger partial charge in [0, 0.05) is 61.1 Å². The Hall–Kier alpha value is -3.26. The van der Waals surface area contributed by atoms with Gasteiger partial charge < -0.3 is 25.4 Å². The number of aromatic nitrogens is 4. The number of anilines is 2. The van der Waals surface area contributed by atoms with Crippen LogP contribution in [-0.4, -0.2) is 94.6 Å². The number of hydrogen-bond acceptors (Lipinski definition) is 11.